The van der Waals surface area contributed by atoms with Crippen molar-refractivity contribution in [3.63, 3.8) is 0 Å². The molecule has 5 nitrogen and oxygen atoms in total. The van der Waals surface area contributed by atoms with Gasteiger partial charge in [0.1, 0.15) is 5.82 Å². The smallest absolute Gasteiger partial charge is 0.262 e. The third-order valence-electron chi connectivity index (χ3n) is 5.40. The monoisotopic (exact) mass is 453 g/mol. The number of aromatic nitrogens is 2. The number of imidazole rings is 1. The standard InChI is InChI=1S/C24H24ClN3O2S/c1-3-28-22-9-5-4-8-21(22)26-24(28)16-13-18-11-14-19(15-12-18)27-31(29,30)23-10-6-7-20(25)17(23)2/h4-12,14-15,27H,3,13,16H2,1-2H3. The highest BCUT2D eigenvalue weighted by atomic mass is 35.5. The van der Waals surface area contributed by atoms with Crippen molar-refractivity contribution in [1.82, 2.24) is 9.55 Å². The first-order chi connectivity index (χ1) is 14.9. The van der Waals surface area contributed by atoms with Crippen LogP contribution in [0.2, 0.25) is 5.02 Å². The van der Waals surface area contributed by atoms with Gasteiger partial charge in [0.05, 0.1) is 15.9 Å². The van der Waals surface area contributed by atoms with Crippen LogP contribution >= 0.6 is 11.6 Å². The quantitative estimate of drug-likeness (QED) is 0.396. The number of anilines is 1. The molecule has 0 aliphatic heterocycles. The molecule has 7 heteroatoms. The first-order valence-corrected chi connectivity index (χ1v) is 12.1. The van der Waals surface area contributed by atoms with Gasteiger partial charge in [-0.2, -0.15) is 0 Å². The van der Waals surface area contributed by atoms with Gasteiger partial charge >= 0.3 is 0 Å². The van der Waals surface area contributed by atoms with Crippen molar-refractivity contribution in [3.8, 4) is 0 Å². The zero-order valence-electron chi connectivity index (χ0n) is 17.5. The number of nitrogens with one attached hydrogen (secondary N) is 1. The van der Waals surface area contributed by atoms with E-state index in [0.29, 0.717) is 16.3 Å². The van der Waals surface area contributed by atoms with Gasteiger partial charge < -0.3 is 4.57 Å². The number of halogens is 1. The van der Waals surface area contributed by atoms with Crippen molar-refractivity contribution in [3.05, 3.63) is 88.7 Å². The summed E-state index contributed by atoms with van der Waals surface area (Å²) in [6.07, 6.45) is 1.64. The number of nitrogens with zero attached hydrogens (tertiary/aromatic N) is 2. The molecule has 0 bridgehead atoms. The first kappa shape index (κ1) is 21.4. The number of fused-ring (bicyclic) bond motifs is 1. The molecule has 0 radical (unpaired) electrons. The van der Waals surface area contributed by atoms with Gasteiger partial charge in [-0.1, -0.05) is 41.9 Å². The summed E-state index contributed by atoms with van der Waals surface area (Å²) < 4.78 is 30.4. The average molecular weight is 454 g/mol. The molecule has 0 atom stereocenters. The fraction of sp³-hybridized carbons (Fsp3) is 0.208. The second-order valence-corrected chi connectivity index (χ2v) is 9.48. The van der Waals surface area contributed by atoms with Crippen molar-refractivity contribution in [2.75, 3.05) is 4.72 Å². The van der Waals surface area contributed by atoms with Crippen LogP contribution in [0, 0.1) is 6.92 Å². The summed E-state index contributed by atoms with van der Waals surface area (Å²) >= 11 is 6.08. The van der Waals surface area contributed by atoms with Crippen molar-refractivity contribution in [2.45, 2.75) is 38.1 Å². The van der Waals surface area contributed by atoms with Crippen LogP contribution in [-0.2, 0) is 29.4 Å². The predicted octanol–water partition coefficient (Wildman–Crippen LogP) is 5.60. The third-order valence-corrected chi connectivity index (χ3v) is 7.34. The van der Waals surface area contributed by atoms with Crippen molar-refractivity contribution in [1.29, 1.82) is 0 Å². The van der Waals surface area contributed by atoms with Crippen LogP contribution in [0.4, 0.5) is 5.69 Å². The Hall–Kier alpha value is -2.83. The molecule has 0 amide bonds. The molecule has 3 aromatic carbocycles. The molecule has 1 heterocycles. The van der Waals surface area contributed by atoms with Crippen molar-refractivity contribution < 1.29 is 8.42 Å². The Morgan fingerprint density at radius 1 is 0.968 bits per heavy atom. The number of benzene rings is 3. The van der Waals surface area contributed by atoms with Crippen molar-refractivity contribution >= 4 is 38.3 Å². The molecule has 0 saturated heterocycles. The topological polar surface area (TPSA) is 64.0 Å². The van der Waals surface area contributed by atoms with E-state index in [2.05, 4.69) is 22.3 Å². The molecule has 0 fully saturated rings. The Bertz CT molecular complexity index is 1330. The van der Waals surface area contributed by atoms with Gasteiger partial charge in [0, 0.05) is 23.7 Å². The van der Waals surface area contributed by atoms with Gasteiger partial charge in [-0.15, -0.1) is 0 Å². The van der Waals surface area contributed by atoms with E-state index < -0.39 is 10.0 Å². The lowest BCUT2D eigenvalue weighted by Crippen LogP contribution is -2.14. The predicted molar refractivity (Wildman–Crippen MR) is 126 cm³/mol. The molecule has 4 aromatic rings. The van der Waals surface area contributed by atoms with Crippen LogP contribution in [0.15, 0.2) is 71.6 Å². The summed E-state index contributed by atoms with van der Waals surface area (Å²) in [5.41, 5.74) is 4.34. The fourth-order valence-electron chi connectivity index (χ4n) is 3.75. The van der Waals surface area contributed by atoms with E-state index in [1.54, 1.807) is 37.3 Å². The van der Waals surface area contributed by atoms with Gasteiger partial charge in [-0.25, -0.2) is 13.4 Å². The van der Waals surface area contributed by atoms with Crippen LogP contribution in [0.25, 0.3) is 11.0 Å². The molecule has 0 unspecified atom stereocenters. The molecule has 0 saturated carbocycles. The SMILES string of the molecule is CCn1c(CCc2ccc(NS(=O)(=O)c3cccc(Cl)c3C)cc2)nc2ccccc21. The van der Waals surface area contributed by atoms with E-state index in [1.165, 1.54) is 0 Å². The lowest BCUT2D eigenvalue weighted by atomic mass is 10.1. The van der Waals surface area contributed by atoms with Crippen molar-refractivity contribution in [2.24, 2.45) is 0 Å². The van der Waals surface area contributed by atoms with Gasteiger partial charge in [0.25, 0.3) is 10.0 Å². The molecule has 4 rings (SSSR count). The summed E-state index contributed by atoms with van der Waals surface area (Å²) in [4.78, 5) is 4.96. The number of aryl methyl sites for hydroxylation is 3. The summed E-state index contributed by atoms with van der Waals surface area (Å²) in [6.45, 7) is 4.70. The second kappa shape index (κ2) is 8.73. The van der Waals surface area contributed by atoms with Gasteiger partial charge in [-0.05, 0) is 67.8 Å². The summed E-state index contributed by atoms with van der Waals surface area (Å²) in [5.74, 6) is 1.06. The summed E-state index contributed by atoms with van der Waals surface area (Å²) in [6, 6.07) is 20.5. The highest BCUT2D eigenvalue weighted by Crippen LogP contribution is 2.25. The minimum Gasteiger partial charge on any atom is -0.328 e. The molecule has 31 heavy (non-hydrogen) atoms. The van der Waals surface area contributed by atoms with E-state index in [1.807, 2.05) is 30.3 Å². The fourth-order valence-corrected chi connectivity index (χ4v) is 5.31. The van der Waals surface area contributed by atoms with Crippen LogP contribution in [-0.4, -0.2) is 18.0 Å². The molecule has 160 valence electrons. The zero-order valence-corrected chi connectivity index (χ0v) is 19.0. The van der Waals surface area contributed by atoms with E-state index in [0.717, 1.165) is 41.8 Å². The average Bonchev–Trinajstić information content (AvgIpc) is 3.12. The maximum Gasteiger partial charge on any atom is 0.262 e. The summed E-state index contributed by atoms with van der Waals surface area (Å²) in [7, 11) is -3.71. The van der Waals surface area contributed by atoms with Crippen LogP contribution in [0.1, 0.15) is 23.9 Å². The van der Waals surface area contributed by atoms with Crippen LogP contribution < -0.4 is 4.72 Å². The lowest BCUT2D eigenvalue weighted by molar-refractivity contribution is 0.600. The molecule has 0 aliphatic rings. The van der Waals surface area contributed by atoms with Gasteiger partial charge in [0.15, 0.2) is 0 Å². The highest BCUT2D eigenvalue weighted by Gasteiger charge is 2.18. The Morgan fingerprint density at radius 3 is 2.45 bits per heavy atom. The Morgan fingerprint density at radius 2 is 1.71 bits per heavy atom. The maximum atomic E-state index is 12.7. The van der Waals surface area contributed by atoms with E-state index in [-0.39, 0.29) is 4.90 Å². The summed E-state index contributed by atoms with van der Waals surface area (Å²) in [5, 5.41) is 0.427. The van der Waals surface area contributed by atoms with Crippen LogP contribution in [0.5, 0.6) is 0 Å². The highest BCUT2D eigenvalue weighted by molar-refractivity contribution is 7.92. The van der Waals surface area contributed by atoms with Crippen LogP contribution in [0.3, 0.4) is 0 Å². The largest absolute Gasteiger partial charge is 0.328 e. The van der Waals surface area contributed by atoms with Gasteiger partial charge in [-0.3, -0.25) is 4.72 Å². The minimum atomic E-state index is -3.71. The van der Waals surface area contributed by atoms with E-state index >= 15 is 0 Å². The van der Waals surface area contributed by atoms with E-state index in [4.69, 9.17) is 16.6 Å². The number of hydrogen-bond donors (Lipinski definition) is 1. The number of rotatable bonds is 7. The minimum absolute atomic E-state index is 0.183. The van der Waals surface area contributed by atoms with E-state index in [9.17, 15) is 8.42 Å². The maximum absolute atomic E-state index is 12.7. The molecule has 1 aromatic heterocycles. The van der Waals surface area contributed by atoms with Gasteiger partial charge in [0.2, 0.25) is 0 Å². The molecule has 0 aliphatic carbocycles. The lowest BCUT2D eigenvalue weighted by Gasteiger charge is -2.12. The molecule has 1 N–H and O–H groups in total. The molecule has 0 spiro atoms. The Labute approximate surface area is 187 Å². The molecular formula is C24H24ClN3O2S. The molecular weight excluding hydrogens is 430 g/mol. The third kappa shape index (κ3) is 4.45. The second-order valence-electron chi connectivity index (χ2n) is 7.43. The Balaban J connectivity index is 1.47. The number of sulfonamides is 1. The normalized spacial score (nSPS) is 11.7. The Kier molecular flexibility index (Phi) is 6.03. The number of hydrogen-bond acceptors (Lipinski definition) is 3. The number of para-hydroxylation sites is 2. The zero-order chi connectivity index (χ0) is 22.0. The first-order valence-electron chi connectivity index (χ1n) is 10.2.